The quantitative estimate of drug-likeness (QED) is 0.199. The normalized spacial score (nSPS) is 10.2. The Kier molecular flexibility index (Phi) is 12.7. The number of methoxy groups -OCH3 is 2. The highest BCUT2D eigenvalue weighted by Crippen LogP contribution is 2.16. The molecule has 0 fully saturated rings. The second-order valence-corrected chi connectivity index (χ2v) is 11.4. The molecule has 6 aromatic rings. The van der Waals surface area contributed by atoms with Gasteiger partial charge < -0.3 is 9.47 Å². The first-order valence-corrected chi connectivity index (χ1v) is 15.5. The number of fused-ring (bicyclic) bond motifs is 2. The molecule has 0 spiro atoms. The number of ether oxygens (including phenoxy) is 2. The van der Waals surface area contributed by atoms with Crippen LogP contribution in [0.2, 0.25) is 0 Å². The van der Waals surface area contributed by atoms with E-state index in [9.17, 15) is 18.4 Å². The molecular formula is C38H31BrF2N4O4. The van der Waals surface area contributed by atoms with Gasteiger partial charge >= 0.3 is 0 Å². The highest BCUT2D eigenvalue weighted by atomic mass is 79.9. The maximum Gasteiger partial charge on any atom is 0.261 e. The highest BCUT2D eigenvalue weighted by molar-refractivity contribution is 9.10. The molecule has 0 N–H and O–H groups in total. The molecule has 0 aliphatic carbocycles. The van der Waals surface area contributed by atoms with Crippen LogP contribution in [0.25, 0.3) is 21.8 Å². The van der Waals surface area contributed by atoms with Gasteiger partial charge in [0.25, 0.3) is 11.1 Å². The summed E-state index contributed by atoms with van der Waals surface area (Å²) in [5.41, 5.74) is 2.94. The minimum Gasteiger partial charge on any atom is -0.377 e. The van der Waals surface area contributed by atoms with Crippen molar-refractivity contribution in [1.82, 2.24) is 19.1 Å². The molecule has 6 rings (SSSR count). The van der Waals surface area contributed by atoms with Crippen LogP contribution in [0.1, 0.15) is 28.3 Å². The number of nitrogens with zero attached hydrogens (tertiary/aromatic N) is 4. The van der Waals surface area contributed by atoms with Crippen molar-refractivity contribution in [3.8, 4) is 24.2 Å². The van der Waals surface area contributed by atoms with Gasteiger partial charge in [0.2, 0.25) is 0 Å². The fourth-order valence-electron chi connectivity index (χ4n) is 4.49. The Labute approximate surface area is 290 Å². The highest BCUT2D eigenvalue weighted by Gasteiger charge is 2.09. The number of aromatic nitrogens is 4. The van der Waals surface area contributed by atoms with Gasteiger partial charge in [0.1, 0.15) is 36.5 Å². The summed E-state index contributed by atoms with van der Waals surface area (Å²) in [5, 5.41) is 1.14. The second kappa shape index (κ2) is 17.1. The zero-order valence-electron chi connectivity index (χ0n) is 27.1. The van der Waals surface area contributed by atoms with Crippen LogP contribution in [0.4, 0.5) is 8.78 Å². The Balaban J connectivity index is 0.000000185. The van der Waals surface area contributed by atoms with Crippen LogP contribution in [-0.2, 0) is 36.8 Å². The van der Waals surface area contributed by atoms with Crippen molar-refractivity contribution in [1.29, 1.82) is 0 Å². The van der Waals surface area contributed by atoms with Gasteiger partial charge in [-0.15, -0.1) is 6.42 Å². The standard InChI is InChI=1S/C19H15FN2O2.C11H11BrN2O2.C8H5F/c1-22-18(12-24-2)21-17-11-14(8-9-16(17)19(22)23)7-6-13-4-3-5-15(20)10-13;1-14-10(6-16-2)13-9-5-7(12)3-4-8(9)11(14)15;1-2-7-4-3-5-8(9)6-7/h3-5,8-11H,12H2,1-2H3;3-5H,6H2,1-2H3;1,3-6H. The molecule has 0 radical (unpaired) electrons. The van der Waals surface area contributed by atoms with Crippen LogP contribution in [0, 0.1) is 35.8 Å². The Morgan fingerprint density at radius 1 is 0.694 bits per heavy atom. The second-order valence-electron chi connectivity index (χ2n) is 10.5. The number of hydrogen-bond donors (Lipinski definition) is 0. The summed E-state index contributed by atoms with van der Waals surface area (Å²) in [5.74, 6) is 8.76. The summed E-state index contributed by atoms with van der Waals surface area (Å²) < 4.78 is 39.4. The monoisotopic (exact) mass is 724 g/mol. The van der Waals surface area contributed by atoms with E-state index in [1.807, 2.05) is 12.1 Å². The molecule has 8 nitrogen and oxygen atoms in total. The summed E-state index contributed by atoms with van der Waals surface area (Å²) in [6.45, 7) is 0.578. The molecule has 248 valence electrons. The van der Waals surface area contributed by atoms with Gasteiger partial charge in [-0.1, -0.05) is 45.8 Å². The van der Waals surface area contributed by atoms with Crippen molar-refractivity contribution in [2.75, 3.05) is 14.2 Å². The van der Waals surface area contributed by atoms with Gasteiger partial charge in [0.05, 0.1) is 21.8 Å². The first-order valence-electron chi connectivity index (χ1n) is 14.7. The zero-order valence-corrected chi connectivity index (χ0v) is 28.7. The predicted molar refractivity (Wildman–Crippen MR) is 190 cm³/mol. The third-order valence-corrected chi connectivity index (χ3v) is 7.51. The van der Waals surface area contributed by atoms with Crippen molar-refractivity contribution < 1.29 is 18.3 Å². The van der Waals surface area contributed by atoms with E-state index in [0.717, 1.165) is 4.47 Å². The molecule has 0 saturated heterocycles. The molecule has 0 saturated carbocycles. The van der Waals surface area contributed by atoms with Crippen LogP contribution in [0.5, 0.6) is 0 Å². The molecule has 0 unspecified atom stereocenters. The van der Waals surface area contributed by atoms with E-state index in [4.69, 9.17) is 15.9 Å². The molecule has 0 bridgehead atoms. The molecule has 11 heteroatoms. The van der Waals surface area contributed by atoms with Crippen LogP contribution in [0.15, 0.2) is 99.0 Å². The maximum atomic E-state index is 13.2. The zero-order chi connectivity index (χ0) is 35.5. The van der Waals surface area contributed by atoms with Crippen molar-refractivity contribution in [2.45, 2.75) is 13.2 Å². The minimum atomic E-state index is -0.324. The van der Waals surface area contributed by atoms with Crippen LogP contribution in [-0.4, -0.2) is 33.3 Å². The van der Waals surface area contributed by atoms with Gasteiger partial charge in [-0.25, -0.2) is 18.7 Å². The van der Waals surface area contributed by atoms with E-state index in [1.54, 1.807) is 76.8 Å². The fourth-order valence-corrected chi connectivity index (χ4v) is 4.84. The lowest BCUT2D eigenvalue weighted by Gasteiger charge is -2.08. The smallest absolute Gasteiger partial charge is 0.261 e. The lowest BCUT2D eigenvalue weighted by Crippen LogP contribution is -2.22. The van der Waals surface area contributed by atoms with E-state index in [2.05, 4.69) is 43.7 Å². The molecule has 0 atom stereocenters. The molecule has 49 heavy (non-hydrogen) atoms. The summed E-state index contributed by atoms with van der Waals surface area (Å²) in [6, 6.07) is 22.7. The van der Waals surface area contributed by atoms with Crippen molar-refractivity contribution in [2.24, 2.45) is 14.1 Å². The minimum absolute atomic E-state index is 0.0513. The third-order valence-electron chi connectivity index (χ3n) is 7.01. The van der Waals surface area contributed by atoms with E-state index < -0.39 is 0 Å². The summed E-state index contributed by atoms with van der Waals surface area (Å²) in [6.07, 6.45) is 5.00. The number of hydrogen-bond acceptors (Lipinski definition) is 6. The molecule has 0 aliphatic heterocycles. The SMILES string of the molecule is C#Cc1cccc(F)c1.COCc1nc2cc(Br)ccc2c(=O)n1C.COCc1nc2cc(C#Cc3cccc(F)c3)ccc2c(=O)n1C. The van der Waals surface area contributed by atoms with Crippen LogP contribution < -0.4 is 11.1 Å². The van der Waals surface area contributed by atoms with Gasteiger partial charge in [0.15, 0.2) is 0 Å². The number of rotatable bonds is 4. The van der Waals surface area contributed by atoms with Crippen LogP contribution >= 0.6 is 15.9 Å². The number of benzene rings is 4. The molecule has 0 amide bonds. The van der Waals surface area contributed by atoms with Gasteiger partial charge in [-0.3, -0.25) is 18.7 Å². The molecule has 2 heterocycles. The lowest BCUT2D eigenvalue weighted by atomic mass is 10.1. The lowest BCUT2D eigenvalue weighted by molar-refractivity contribution is 0.174. The summed E-state index contributed by atoms with van der Waals surface area (Å²) in [4.78, 5) is 33.2. The molecular weight excluding hydrogens is 694 g/mol. The topological polar surface area (TPSA) is 88.2 Å². The first kappa shape index (κ1) is 36.4. The largest absolute Gasteiger partial charge is 0.377 e. The van der Waals surface area contributed by atoms with Crippen LogP contribution in [0.3, 0.4) is 0 Å². The van der Waals surface area contributed by atoms with E-state index >= 15 is 0 Å². The van der Waals surface area contributed by atoms with E-state index in [0.29, 0.717) is 56.8 Å². The molecule has 0 aliphatic rings. The molecule has 4 aromatic carbocycles. The summed E-state index contributed by atoms with van der Waals surface area (Å²) >= 11 is 3.36. The Morgan fingerprint density at radius 2 is 1.16 bits per heavy atom. The van der Waals surface area contributed by atoms with Gasteiger partial charge in [-0.05, 0) is 72.8 Å². The Bertz CT molecular complexity index is 2350. The Morgan fingerprint density at radius 3 is 1.65 bits per heavy atom. The number of terminal acetylenes is 1. The fraction of sp³-hybridized carbons (Fsp3) is 0.158. The van der Waals surface area contributed by atoms with Crippen molar-refractivity contribution in [3.05, 3.63) is 150 Å². The first-order chi connectivity index (χ1) is 23.5. The summed E-state index contributed by atoms with van der Waals surface area (Å²) in [7, 11) is 6.50. The average Bonchev–Trinajstić information content (AvgIpc) is 3.09. The third kappa shape index (κ3) is 9.55. The van der Waals surface area contributed by atoms with E-state index in [1.165, 1.54) is 33.4 Å². The van der Waals surface area contributed by atoms with Gasteiger partial charge in [-0.2, -0.15) is 0 Å². The van der Waals surface area contributed by atoms with Crippen molar-refractivity contribution >= 4 is 37.7 Å². The average molecular weight is 726 g/mol. The van der Waals surface area contributed by atoms with Crippen molar-refractivity contribution in [3.63, 3.8) is 0 Å². The number of halogens is 3. The van der Waals surface area contributed by atoms with E-state index in [-0.39, 0.29) is 29.4 Å². The predicted octanol–water partition coefficient (Wildman–Crippen LogP) is 6.27. The Hall–Kier alpha value is -5.46. The van der Waals surface area contributed by atoms with Gasteiger partial charge in [0, 0.05) is 49.5 Å². The maximum absolute atomic E-state index is 13.2. The molecule has 2 aromatic heterocycles.